The first-order valence-electron chi connectivity index (χ1n) is 9.99. The standard InChI is InChI=1S/C21H25ClN4O4S/c1-24-9-11-25(12-10-24)17-6-4-16(5-7-17)23-21(27)20-14-26(31(2,28)29)18-13-15(22)3-8-19(18)30-20/h3-8,13,20H,9-12,14H2,1-2H3,(H,23,27). The number of benzene rings is 2. The molecule has 2 aliphatic heterocycles. The van der Waals surface area contributed by atoms with Gasteiger partial charge in [0.1, 0.15) is 5.75 Å². The van der Waals surface area contributed by atoms with Crippen LogP contribution in [0.25, 0.3) is 0 Å². The zero-order valence-corrected chi connectivity index (χ0v) is 19.0. The van der Waals surface area contributed by atoms with E-state index < -0.39 is 22.0 Å². The van der Waals surface area contributed by atoms with Crippen molar-refractivity contribution in [2.45, 2.75) is 6.10 Å². The van der Waals surface area contributed by atoms with Crippen molar-refractivity contribution in [3.05, 3.63) is 47.5 Å². The van der Waals surface area contributed by atoms with Gasteiger partial charge in [-0.1, -0.05) is 11.6 Å². The Morgan fingerprint density at radius 3 is 2.42 bits per heavy atom. The van der Waals surface area contributed by atoms with Crippen LogP contribution in [0.1, 0.15) is 0 Å². The highest BCUT2D eigenvalue weighted by atomic mass is 35.5. The summed E-state index contributed by atoms with van der Waals surface area (Å²) < 4.78 is 31.5. The quantitative estimate of drug-likeness (QED) is 0.747. The minimum Gasteiger partial charge on any atom is -0.476 e. The Labute approximate surface area is 187 Å². The number of ether oxygens (including phenoxy) is 1. The lowest BCUT2D eigenvalue weighted by atomic mass is 10.2. The first-order chi connectivity index (χ1) is 14.7. The van der Waals surface area contributed by atoms with Gasteiger partial charge >= 0.3 is 0 Å². The van der Waals surface area contributed by atoms with Crippen molar-refractivity contribution in [1.82, 2.24) is 4.90 Å². The molecule has 0 aromatic heterocycles. The number of rotatable bonds is 4. The van der Waals surface area contributed by atoms with E-state index in [4.69, 9.17) is 16.3 Å². The molecule has 1 atom stereocenters. The number of carbonyl (C=O) groups excluding carboxylic acids is 1. The van der Waals surface area contributed by atoms with Gasteiger partial charge in [0.15, 0.2) is 6.10 Å². The number of sulfonamides is 1. The Balaban J connectivity index is 1.46. The molecular weight excluding hydrogens is 440 g/mol. The van der Waals surface area contributed by atoms with Gasteiger partial charge in [0, 0.05) is 42.6 Å². The van der Waals surface area contributed by atoms with Gasteiger partial charge in [-0.15, -0.1) is 0 Å². The number of hydrogen-bond acceptors (Lipinski definition) is 6. The second-order valence-electron chi connectivity index (χ2n) is 7.84. The highest BCUT2D eigenvalue weighted by Crippen LogP contribution is 2.37. The van der Waals surface area contributed by atoms with Crippen molar-refractivity contribution in [2.24, 2.45) is 0 Å². The largest absolute Gasteiger partial charge is 0.476 e. The Hall–Kier alpha value is -2.49. The highest BCUT2D eigenvalue weighted by Gasteiger charge is 2.35. The molecule has 0 aliphatic carbocycles. The molecule has 0 saturated carbocycles. The summed E-state index contributed by atoms with van der Waals surface area (Å²) in [4.78, 5) is 17.4. The van der Waals surface area contributed by atoms with Crippen molar-refractivity contribution in [1.29, 1.82) is 0 Å². The number of hydrogen-bond donors (Lipinski definition) is 1. The van der Waals surface area contributed by atoms with Crippen molar-refractivity contribution in [2.75, 3.05) is 60.5 Å². The minimum absolute atomic E-state index is 0.128. The fourth-order valence-electron chi connectivity index (χ4n) is 3.72. The van der Waals surface area contributed by atoms with E-state index in [1.165, 1.54) is 6.07 Å². The second-order valence-corrected chi connectivity index (χ2v) is 10.2. The summed E-state index contributed by atoms with van der Waals surface area (Å²) >= 11 is 6.01. The van der Waals surface area contributed by atoms with E-state index in [0.29, 0.717) is 22.1 Å². The van der Waals surface area contributed by atoms with Crippen molar-refractivity contribution >= 4 is 44.6 Å². The molecule has 10 heteroatoms. The van der Waals surface area contributed by atoms with Crippen LogP contribution >= 0.6 is 11.6 Å². The van der Waals surface area contributed by atoms with Gasteiger partial charge in [-0.05, 0) is 49.5 Å². The van der Waals surface area contributed by atoms with Crippen LogP contribution in [0.2, 0.25) is 5.02 Å². The summed E-state index contributed by atoms with van der Waals surface area (Å²) in [7, 11) is -1.50. The van der Waals surface area contributed by atoms with Crippen molar-refractivity contribution in [3.63, 3.8) is 0 Å². The zero-order valence-electron chi connectivity index (χ0n) is 17.4. The summed E-state index contributed by atoms with van der Waals surface area (Å²) in [5, 5.41) is 3.21. The predicted molar refractivity (Wildman–Crippen MR) is 123 cm³/mol. The zero-order chi connectivity index (χ0) is 22.2. The van der Waals surface area contributed by atoms with Gasteiger partial charge in [0.25, 0.3) is 5.91 Å². The Morgan fingerprint density at radius 2 is 1.77 bits per heavy atom. The first-order valence-corrected chi connectivity index (χ1v) is 12.2. The van der Waals surface area contributed by atoms with Crippen LogP contribution < -0.4 is 19.3 Å². The van der Waals surface area contributed by atoms with Crippen LogP contribution in [0.4, 0.5) is 17.1 Å². The summed E-state index contributed by atoms with van der Waals surface area (Å²) in [6.07, 6.45) is 0.107. The number of piperazine rings is 1. The molecule has 2 aromatic carbocycles. The molecule has 4 rings (SSSR count). The molecule has 1 fully saturated rings. The van der Waals surface area contributed by atoms with E-state index in [1.807, 2.05) is 24.3 Å². The summed E-state index contributed by atoms with van der Waals surface area (Å²) in [6, 6.07) is 12.3. The minimum atomic E-state index is -3.61. The monoisotopic (exact) mass is 464 g/mol. The maximum atomic E-state index is 12.8. The molecule has 166 valence electrons. The van der Waals surface area contributed by atoms with Gasteiger partial charge in [0.2, 0.25) is 10.0 Å². The summed E-state index contributed by atoms with van der Waals surface area (Å²) in [5.74, 6) is -0.117. The SMILES string of the molecule is CN1CCN(c2ccc(NC(=O)C3CN(S(C)(=O)=O)c4cc(Cl)ccc4O3)cc2)CC1. The third-order valence-corrected chi connectivity index (χ3v) is 6.87. The van der Waals surface area contributed by atoms with Crippen LogP contribution in [0, 0.1) is 0 Å². The topological polar surface area (TPSA) is 82.2 Å². The second kappa shape index (κ2) is 8.57. The number of carbonyl (C=O) groups is 1. The smallest absolute Gasteiger partial charge is 0.267 e. The molecule has 31 heavy (non-hydrogen) atoms. The highest BCUT2D eigenvalue weighted by molar-refractivity contribution is 7.92. The molecule has 1 saturated heterocycles. The van der Waals surface area contributed by atoms with E-state index in [9.17, 15) is 13.2 Å². The van der Waals surface area contributed by atoms with Crippen LogP contribution in [-0.2, 0) is 14.8 Å². The predicted octanol–water partition coefficient (Wildman–Crippen LogP) is 2.26. The van der Waals surface area contributed by atoms with Gasteiger partial charge in [-0.25, -0.2) is 8.42 Å². The lowest BCUT2D eigenvalue weighted by Gasteiger charge is -2.34. The summed E-state index contributed by atoms with van der Waals surface area (Å²) in [5.41, 5.74) is 2.06. The molecule has 0 bridgehead atoms. The van der Waals surface area contributed by atoms with Crippen LogP contribution in [0.5, 0.6) is 5.75 Å². The van der Waals surface area contributed by atoms with E-state index in [1.54, 1.807) is 12.1 Å². The lowest BCUT2D eigenvalue weighted by molar-refractivity contribution is -0.122. The van der Waals surface area contributed by atoms with Crippen LogP contribution in [0.15, 0.2) is 42.5 Å². The lowest BCUT2D eigenvalue weighted by Crippen LogP contribution is -2.48. The number of fused-ring (bicyclic) bond motifs is 1. The molecule has 2 aliphatic rings. The number of amides is 1. The average Bonchev–Trinajstić information content (AvgIpc) is 2.73. The van der Waals surface area contributed by atoms with Crippen LogP contribution in [0.3, 0.4) is 0 Å². The summed E-state index contributed by atoms with van der Waals surface area (Å²) in [6.45, 7) is 3.82. The van der Waals surface area contributed by atoms with Crippen molar-refractivity contribution in [3.8, 4) is 5.75 Å². The number of nitrogens with one attached hydrogen (secondary N) is 1. The van der Waals surface area contributed by atoms with Crippen molar-refractivity contribution < 1.29 is 17.9 Å². The molecule has 2 heterocycles. The Bertz CT molecular complexity index is 1070. The van der Waals surface area contributed by atoms with E-state index >= 15 is 0 Å². The van der Waals surface area contributed by atoms with E-state index in [-0.39, 0.29) is 6.54 Å². The van der Waals surface area contributed by atoms with Gasteiger partial charge in [0.05, 0.1) is 18.5 Å². The Morgan fingerprint density at radius 1 is 1.10 bits per heavy atom. The molecule has 2 aromatic rings. The number of likely N-dealkylation sites (N-methyl/N-ethyl adjacent to an activating group) is 1. The van der Waals surface area contributed by atoms with E-state index in [0.717, 1.165) is 42.4 Å². The van der Waals surface area contributed by atoms with Gasteiger partial charge in [-0.3, -0.25) is 9.10 Å². The maximum Gasteiger partial charge on any atom is 0.267 e. The Kier molecular flexibility index (Phi) is 6.00. The number of nitrogens with zero attached hydrogens (tertiary/aromatic N) is 3. The number of halogens is 1. The molecule has 1 unspecified atom stereocenters. The molecular formula is C21H25ClN4O4S. The molecule has 0 radical (unpaired) electrons. The normalized spacial score (nSPS) is 19.5. The third kappa shape index (κ3) is 4.89. The molecule has 8 nitrogen and oxygen atoms in total. The maximum absolute atomic E-state index is 12.8. The van der Waals surface area contributed by atoms with Crippen LogP contribution in [-0.4, -0.2) is 71.4 Å². The fourth-order valence-corrected chi connectivity index (χ4v) is 4.79. The molecule has 1 N–H and O–H groups in total. The average molecular weight is 465 g/mol. The third-order valence-electron chi connectivity index (χ3n) is 5.49. The molecule has 1 amide bonds. The first kappa shape index (κ1) is 21.7. The number of anilines is 3. The van der Waals surface area contributed by atoms with E-state index in [2.05, 4.69) is 22.2 Å². The fraction of sp³-hybridized carbons (Fsp3) is 0.381. The van der Waals surface area contributed by atoms with Gasteiger partial charge < -0.3 is 19.9 Å². The van der Waals surface area contributed by atoms with Gasteiger partial charge in [-0.2, -0.15) is 0 Å². The molecule has 0 spiro atoms.